The van der Waals surface area contributed by atoms with Gasteiger partial charge in [0.25, 0.3) is 0 Å². The fourth-order valence-corrected chi connectivity index (χ4v) is 4.31. The van der Waals surface area contributed by atoms with Crippen LogP contribution in [0.5, 0.6) is 0 Å². The number of aliphatic carboxylic acids is 1. The average Bonchev–Trinajstić information content (AvgIpc) is 2.94. The first-order chi connectivity index (χ1) is 12.0. The second-order valence-electron chi connectivity index (χ2n) is 7.21. The largest absolute Gasteiger partial charge is 0.480 e. The minimum absolute atomic E-state index is 0.101. The molecular weight excluding hydrogens is 323 g/mol. The number of hydrogen-bond donors (Lipinski definition) is 2. The van der Waals surface area contributed by atoms with Gasteiger partial charge in [0.15, 0.2) is 0 Å². The summed E-state index contributed by atoms with van der Waals surface area (Å²) in [6, 6.07) is 5.40. The van der Waals surface area contributed by atoms with Crippen molar-refractivity contribution in [2.45, 2.75) is 57.2 Å². The molecule has 4 atom stereocenters. The van der Waals surface area contributed by atoms with Crippen LogP contribution in [0.15, 0.2) is 24.3 Å². The van der Waals surface area contributed by atoms with Crippen molar-refractivity contribution in [3.63, 3.8) is 0 Å². The van der Waals surface area contributed by atoms with E-state index in [0.29, 0.717) is 12.3 Å². The van der Waals surface area contributed by atoms with Gasteiger partial charge in [-0.15, -0.1) is 0 Å². The molecule has 1 aromatic rings. The van der Waals surface area contributed by atoms with Gasteiger partial charge in [-0.3, -0.25) is 14.5 Å². The van der Waals surface area contributed by atoms with Crippen molar-refractivity contribution in [1.29, 1.82) is 0 Å². The van der Waals surface area contributed by atoms with Crippen molar-refractivity contribution in [1.82, 2.24) is 10.2 Å². The van der Waals surface area contributed by atoms with Crippen LogP contribution < -0.4 is 5.32 Å². The van der Waals surface area contributed by atoms with Gasteiger partial charge in [-0.2, -0.15) is 0 Å². The summed E-state index contributed by atoms with van der Waals surface area (Å²) in [5, 5.41) is 12.4. The molecule has 0 radical (unpaired) electrons. The molecule has 2 N–H and O–H groups in total. The maximum Gasteiger partial charge on any atom is 0.320 e. The Hall–Kier alpha value is -1.95. The van der Waals surface area contributed by atoms with E-state index in [4.69, 9.17) is 0 Å². The second kappa shape index (κ2) is 7.52. The maximum atomic E-state index is 13.0. The lowest BCUT2D eigenvalue weighted by Gasteiger charge is -2.32. The van der Waals surface area contributed by atoms with Gasteiger partial charge in [-0.05, 0) is 49.8 Å². The summed E-state index contributed by atoms with van der Waals surface area (Å²) in [5.74, 6) is -0.952. The third-order valence-electron chi connectivity index (χ3n) is 5.58. The first kappa shape index (κ1) is 17.9. The van der Waals surface area contributed by atoms with Crippen molar-refractivity contribution in [3.8, 4) is 0 Å². The van der Waals surface area contributed by atoms with Crippen LogP contribution in [0.2, 0.25) is 0 Å². The summed E-state index contributed by atoms with van der Waals surface area (Å²) in [4.78, 5) is 26.0. The van der Waals surface area contributed by atoms with E-state index in [-0.39, 0.29) is 30.4 Å². The molecule has 1 aromatic carbocycles. The van der Waals surface area contributed by atoms with E-state index in [1.54, 1.807) is 12.1 Å². The summed E-state index contributed by atoms with van der Waals surface area (Å²) in [6.45, 7) is 1.94. The number of halogens is 1. The fourth-order valence-electron chi connectivity index (χ4n) is 4.31. The minimum atomic E-state index is -0.839. The van der Waals surface area contributed by atoms with E-state index in [2.05, 4.69) is 5.32 Å². The van der Waals surface area contributed by atoms with Crippen LogP contribution in [0.25, 0.3) is 0 Å². The molecule has 1 heterocycles. The van der Waals surface area contributed by atoms with Crippen LogP contribution in [-0.4, -0.2) is 40.5 Å². The number of rotatable bonds is 5. The number of hydrogen-bond acceptors (Lipinski definition) is 3. The first-order valence-corrected chi connectivity index (χ1v) is 8.99. The molecule has 3 rings (SSSR count). The monoisotopic (exact) mass is 348 g/mol. The minimum Gasteiger partial charge on any atom is -0.480 e. The zero-order valence-corrected chi connectivity index (χ0v) is 14.5. The summed E-state index contributed by atoms with van der Waals surface area (Å²) in [6.07, 6.45) is 4.90. The van der Waals surface area contributed by atoms with Gasteiger partial charge >= 0.3 is 5.97 Å². The molecule has 1 saturated heterocycles. The maximum absolute atomic E-state index is 13.0. The molecule has 5 nitrogen and oxygen atoms in total. The highest BCUT2D eigenvalue weighted by Crippen LogP contribution is 2.39. The molecule has 1 aliphatic carbocycles. The van der Waals surface area contributed by atoms with E-state index < -0.39 is 12.0 Å². The van der Waals surface area contributed by atoms with Gasteiger partial charge in [-0.1, -0.05) is 25.0 Å². The average molecular weight is 348 g/mol. The topological polar surface area (TPSA) is 69.6 Å². The highest BCUT2D eigenvalue weighted by molar-refractivity contribution is 5.80. The lowest BCUT2D eigenvalue weighted by atomic mass is 9.85. The Morgan fingerprint density at radius 2 is 1.96 bits per heavy atom. The number of amides is 1. The smallest absolute Gasteiger partial charge is 0.320 e. The lowest BCUT2D eigenvalue weighted by molar-refractivity contribution is -0.143. The first-order valence-electron chi connectivity index (χ1n) is 8.99. The Morgan fingerprint density at radius 3 is 2.64 bits per heavy atom. The van der Waals surface area contributed by atoms with E-state index in [0.717, 1.165) is 31.2 Å². The predicted octanol–water partition coefficient (Wildman–Crippen LogP) is 2.72. The molecule has 1 aliphatic heterocycles. The Labute approximate surface area is 147 Å². The highest BCUT2D eigenvalue weighted by Gasteiger charge is 2.45. The van der Waals surface area contributed by atoms with Crippen molar-refractivity contribution >= 4 is 11.9 Å². The van der Waals surface area contributed by atoms with E-state index >= 15 is 0 Å². The number of likely N-dealkylation sites (tertiary alicyclic amines) is 1. The Morgan fingerprint density at radius 1 is 1.28 bits per heavy atom. The van der Waals surface area contributed by atoms with Crippen molar-refractivity contribution in [3.05, 3.63) is 35.6 Å². The number of fused-ring (bicyclic) bond motifs is 1. The van der Waals surface area contributed by atoms with Crippen molar-refractivity contribution in [2.75, 3.05) is 6.54 Å². The molecule has 0 unspecified atom stereocenters. The predicted molar refractivity (Wildman–Crippen MR) is 91.5 cm³/mol. The Kier molecular flexibility index (Phi) is 5.37. The zero-order chi connectivity index (χ0) is 18.0. The van der Waals surface area contributed by atoms with E-state index in [1.807, 2.05) is 11.8 Å². The molecule has 25 heavy (non-hydrogen) atoms. The number of nitrogens with zero attached hydrogens (tertiary/aromatic N) is 1. The third kappa shape index (κ3) is 4.00. The standard InChI is InChI=1S/C19H25FN2O3/c1-12(13-6-8-15(20)9-7-13)21-18(23)11-22-16-5-3-2-4-14(16)10-17(22)19(24)25/h6-9,12,14,16-17H,2-5,10-11H2,1H3,(H,21,23)(H,24,25)/t12-,14-,16-,17-/m0/s1. The molecular formula is C19H25FN2O3. The number of nitrogens with one attached hydrogen (secondary N) is 1. The molecule has 6 heteroatoms. The van der Waals surface area contributed by atoms with E-state index in [1.165, 1.54) is 12.1 Å². The molecule has 0 spiro atoms. The number of carbonyl (C=O) groups excluding carboxylic acids is 1. The lowest BCUT2D eigenvalue weighted by Crippen LogP contribution is -2.47. The SMILES string of the molecule is C[C@H](NC(=O)CN1[C@H](C(=O)O)C[C@@H]2CCCC[C@@H]21)c1ccc(F)cc1. The molecule has 136 valence electrons. The number of carboxylic acid groups (broad SMARTS) is 1. The van der Waals surface area contributed by atoms with Crippen LogP contribution >= 0.6 is 0 Å². The molecule has 2 fully saturated rings. The van der Waals surface area contributed by atoms with Gasteiger partial charge in [0.2, 0.25) is 5.91 Å². The third-order valence-corrected chi connectivity index (χ3v) is 5.58. The molecule has 0 aromatic heterocycles. The number of carbonyl (C=O) groups is 2. The number of carboxylic acids is 1. The quantitative estimate of drug-likeness (QED) is 0.858. The van der Waals surface area contributed by atoms with Crippen LogP contribution in [0.1, 0.15) is 50.6 Å². The molecule has 2 aliphatic rings. The van der Waals surface area contributed by atoms with Crippen LogP contribution in [0.3, 0.4) is 0 Å². The van der Waals surface area contributed by atoms with Crippen molar-refractivity contribution in [2.24, 2.45) is 5.92 Å². The van der Waals surface area contributed by atoms with Gasteiger partial charge in [0, 0.05) is 6.04 Å². The fraction of sp³-hybridized carbons (Fsp3) is 0.579. The van der Waals surface area contributed by atoms with Gasteiger partial charge in [0.05, 0.1) is 12.6 Å². The summed E-state index contributed by atoms with van der Waals surface area (Å²) < 4.78 is 13.0. The van der Waals surface area contributed by atoms with Gasteiger partial charge in [-0.25, -0.2) is 4.39 Å². The van der Waals surface area contributed by atoms with Crippen LogP contribution in [-0.2, 0) is 9.59 Å². The molecule has 1 amide bonds. The summed E-state index contributed by atoms with van der Waals surface area (Å²) >= 11 is 0. The second-order valence-corrected chi connectivity index (χ2v) is 7.21. The van der Waals surface area contributed by atoms with Crippen molar-refractivity contribution < 1.29 is 19.1 Å². The molecule has 0 bridgehead atoms. The van der Waals surface area contributed by atoms with Gasteiger partial charge in [0.1, 0.15) is 11.9 Å². The Bertz CT molecular complexity index is 634. The van der Waals surface area contributed by atoms with E-state index in [9.17, 15) is 19.1 Å². The number of benzene rings is 1. The highest BCUT2D eigenvalue weighted by atomic mass is 19.1. The molecule has 1 saturated carbocycles. The van der Waals surface area contributed by atoms with Crippen LogP contribution in [0.4, 0.5) is 4.39 Å². The summed E-state index contributed by atoms with van der Waals surface area (Å²) in [5.41, 5.74) is 0.821. The summed E-state index contributed by atoms with van der Waals surface area (Å²) in [7, 11) is 0. The Balaban J connectivity index is 1.64. The normalized spacial score (nSPS) is 27.5. The van der Waals surface area contributed by atoms with Crippen LogP contribution in [0, 0.1) is 11.7 Å². The van der Waals surface area contributed by atoms with Gasteiger partial charge < -0.3 is 10.4 Å². The zero-order valence-electron chi connectivity index (χ0n) is 14.5.